The van der Waals surface area contributed by atoms with Crippen LogP contribution in [0.4, 0.5) is 0 Å². The number of hydrogen-bond acceptors (Lipinski definition) is 4. The number of nitrogens with one attached hydrogen (secondary N) is 2. The van der Waals surface area contributed by atoms with Gasteiger partial charge < -0.3 is 10.1 Å². The number of hydrogen-bond donors (Lipinski definition) is 2. The number of sulfonamides is 1. The predicted octanol–water partition coefficient (Wildman–Crippen LogP) is 2.07. The summed E-state index contributed by atoms with van der Waals surface area (Å²) in [5.74, 6) is -0.123. The lowest BCUT2D eigenvalue weighted by molar-refractivity contribution is 0.0950. The fourth-order valence-electron chi connectivity index (χ4n) is 2.39. The first-order valence-electron chi connectivity index (χ1n) is 8.02. The summed E-state index contributed by atoms with van der Waals surface area (Å²) in [6.07, 6.45) is 1.66. The van der Waals surface area contributed by atoms with Crippen molar-refractivity contribution in [2.75, 3.05) is 7.11 Å². The van der Waals surface area contributed by atoms with Gasteiger partial charge in [0.1, 0.15) is 10.6 Å². The molecule has 132 valence electrons. The summed E-state index contributed by atoms with van der Waals surface area (Å²) in [5.41, 5.74) is 1.24. The molecular weight excluding hydrogens is 340 g/mol. The van der Waals surface area contributed by atoms with Crippen LogP contribution in [0.2, 0.25) is 0 Å². The molecule has 7 heteroatoms. The number of benzene rings is 2. The van der Waals surface area contributed by atoms with Crippen molar-refractivity contribution in [3.05, 3.63) is 59.7 Å². The molecule has 0 atom stereocenters. The smallest absolute Gasteiger partial charge is 0.251 e. The number of amides is 1. The summed E-state index contributed by atoms with van der Waals surface area (Å²) in [6, 6.07) is 13.9. The summed E-state index contributed by atoms with van der Waals surface area (Å²) in [7, 11) is -2.31. The van der Waals surface area contributed by atoms with Crippen LogP contribution in [0.5, 0.6) is 5.75 Å². The second kappa shape index (κ2) is 7.25. The fourth-order valence-corrected chi connectivity index (χ4v) is 3.89. The van der Waals surface area contributed by atoms with Crippen LogP contribution in [0.3, 0.4) is 0 Å². The van der Waals surface area contributed by atoms with Gasteiger partial charge in [-0.3, -0.25) is 4.79 Å². The molecule has 6 nitrogen and oxygen atoms in total. The summed E-state index contributed by atoms with van der Waals surface area (Å²) in [6.45, 7) is 0.369. The van der Waals surface area contributed by atoms with Crippen LogP contribution in [-0.4, -0.2) is 27.5 Å². The topological polar surface area (TPSA) is 84.5 Å². The number of ether oxygens (including phenoxy) is 1. The minimum absolute atomic E-state index is 0.0192. The molecule has 0 spiro atoms. The number of carbonyl (C=O) groups is 1. The first kappa shape index (κ1) is 17.4. The van der Waals surface area contributed by atoms with Crippen LogP contribution >= 0.6 is 0 Å². The number of carbonyl (C=O) groups excluding carboxylic acids is 1. The van der Waals surface area contributed by atoms with Crippen LogP contribution in [0.15, 0.2) is 53.4 Å². The van der Waals surface area contributed by atoms with Gasteiger partial charge in [0.15, 0.2) is 0 Å². The highest BCUT2D eigenvalue weighted by Crippen LogP contribution is 2.28. The van der Waals surface area contributed by atoms with Crippen molar-refractivity contribution < 1.29 is 17.9 Å². The average Bonchev–Trinajstić information content (AvgIpc) is 3.43. The van der Waals surface area contributed by atoms with Crippen molar-refractivity contribution in [1.82, 2.24) is 10.0 Å². The van der Waals surface area contributed by atoms with Gasteiger partial charge in [0.2, 0.25) is 10.0 Å². The summed E-state index contributed by atoms with van der Waals surface area (Å²) in [5, 5.41) is 2.79. The van der Waals surface area contributed by atoms with Crippen molar-refractivity contribution in [2.24, 2.45) is 0 Å². The molecule has 2 N–H and O–H groups in total. The second-order valence-electron chi connectivity index (χ2n) is 5.93. The molecule has 1 amide bonds. The molecule has 25 heavy (non-hydrogen) atoms. The highest BCUT2D eigenvalue weighted by atomic mass is 32.2. The van der Waals surface area contributed by atoms with E-state index in [1.54, 1.807) is 6.07 Å². The van der Waals surface area contributed by atoms with Gasteiger partial charge in [0, 0.05) is 18.2 Å². The maximum atomic E-state index is 12.5. The van der Waals surface area contributed by atoms with Gasteiger partial charge in [-0.1, -0.05) is 30.3 Å². The predicted molar refractivity (Wildman–Crippen MR) is 93.9 cm³/mol. The van der Waals surface area contributed by atoms with E-state index in [0.29, 0.717) is 6.54 Å². The Bertz CT molecular complexity index is 862. The van der Waals surface area contributed by atoms with Gasteiger partial charge in [-0.25, -0.2) is 13.1 Å². The van der Waals surface area contributed by atoms with Gasteiger partial charge in [-0.15, -0.1) is 0 Å². The van der Waals surface area contributed by atoms with E-state index in [1.807, 2.05) is 30.3 Å². The zero-order valence-electron chi connectivity index (χ0n) is 13.9. The van der Waals surface area contributed by atoms with E-state index >= 15 is 0 Å². The third-order valence-electron chi connectivity index (χ3n) is 3.91. The maximum absolute atomic E-state index is 12.5. The van der Waals surface area contributed by atoms with Crippen LogP contribution in [0, 0.1) is 0 Å². The molecule has 1 aliphatic carbocycles. The normalized spacial score (nSPS) is 14.1. The van der Waals surface area contributed by atoms with Crippen molar-refractivity contribution in [1.29, 1.82) is 0 Å². The van der Waals surface area contributed by atoms with E-state index in [2.05, 4.69) is 10.0 Å². The zero-order chi connectivity index (χ0) is 17.9. The van der Waals surface area contributed by atoms with E-state index in [1.165, 1.54) is 19.2 Å². The van der Waals surface area contributed by atoms with E-state index in [9.17, 15) is 13.2 Å². The van der Waals surface area contributed by atoms with Crippen molar-refractivity contribution in [3.8, 4) is 5.75 Å². The zero-order valence-corrected chi connectivity index (χ0v) is 14.7. The third kappa shape index (κ3) is 4.37. The van der Waals surface area contributed by atoms with Crippen LogP contribution in [0.1, 0.15) is 28.8 Å². The Balaban J connectivity index is 1.79. The lowest BCUT2D eigenvalue weighted by Gasteiger charge is -2.12. The second-order valence-corrected chi connectivity index (χ2v) is 7.61. The molecule has 0 aromatic heterocycles. The highest BCUT2D eigenvalue weighted by molar-refractivity contribution is 7.89. The monoisotopic (exact) mass is 360 g/mol. The lowest BCUT2D eigenvalue weighted by atomic mass is 10.2. The molecule has 0 unspecified atom stereocenters. The third-order valence-corrected chi connectivity index (χ3v) is 5.45. The minimum atomic E-state index is -3.72. The molecule has 1 saturated carbocycles. The van der Waals surface area contributed by atoms with Crippen molar-refractivity contribution in [3.63, 3.8) is 0 Å². The Labute approximate surface area is 147 Å². The summed E-state index contributed by atoms with van der Waals surface area (Å²) >= 11 is 0. The van der Waals surface area contributed by atoms with Gasteiger partial charge in [-0.2, -0.15) is 0 Å². The standard InChI is InChI=1S/C18H20N2O4S/c1-24-16-10-7-14(11-17(16)25(22,23)20-15-8-9-15)18(21)19-12-13-5-3-2-4-6-13/h2-7,10-11,15,20H,8-9,12H2,1H3,(H,19,21). The van der Waals surface area contributed by atoms with E-state index in [-0.39, 0.29) is 28.2 Å². The SMILES string of the molecule is COc1ccc(C(=O)NCc2ccccc2)cc1S(=O)(=O)NC1CC1. The van der Waals surface area contributed by atoms with Gasteiger partial charge >= 0.3 is 0 Å². The molecule has 1 fully saturated rings. The Morgan fingerprint density at radius 2 is 1.88 bits per heavy atom. The van der Waals surface area contributed by atoms with Gasteiger partial charge in [0.05, 0.1) is 7.11 Å². The molecule has 3 rings (SSSR count). The van der Waals surface area contributed by atoms with Gasteiger partial charge in [-0.05, 0) is 36.6 Å². The molecule has 2 aromatic rings. The first-order chi connectivity index (χ1) is 12.0. The molecular formula is C18H20N2O4S. The molecule has 0 radical (unpaired) electrons. The average molecular weight is 360 g/mol. The van der Waals surface area contributed by atoms with Crippen LogP contribution in [0.25, 0.3) is 0 Å². The maximum Gasteiger partial charge on any atom is 0.251 e. The largest absolute Gasteiger partial charge is 0.495 e. The van der Waals surface area contributed by atoms with E-state index < -0.39 is 10.0 Å². The summed E-state index contributed by atoms with van der Waals surface area (Å²) < 4.78 is 32.7. The Hall–Kier alpha value is -2.38. The number of methoxy groups -OCH3 is 1. The minimum Gasteiger partial charge on any atom is -0.495 e. The Morgan fingerprint density at radius 1 is 1.16 bits per heavy atom. The van der Waals surface area contributed by atoms with E-state index in [0.717, 1.165) is 18.4 Å². The van der Waals surface area contributed by atoms with Gasteiger partial charge in [0.25, 0.3) is 5.91 Å². The van der Waals surface area contributed by atoms with Crippen LogP contribution < -0.4 is 14.8 Å². The van der Waals surface area contributed by atoms with Crippen molar-refractivity contribution in [2.45, 2.75) is 30.3 Å². The fraction of sp³-hybridized carbons (Fsp3) is 0.278. The molecule has 0 saturated heterocycles. The summed E-state index contributed by atoms with van der Waals surface area (Å²) in [4.78, 5) is 12.3. The molecule has 2 aromatic carbocycles. The van der Waals surface area contributed by atoms with Crippen LogP contribution in [-0.2, 0) is 16.6 Å². The Morgan fingerprint density at radius 3 is 2.52 bits per heavy atom. The Kier molecular flexibility index (Phi) is 5.06. The molecule has 0 bridgehead atoms. The highest BCUT2D eigenvalue weighted by Gasteiger charge is 2.30. The first-order valence-corrected chi connectivity index (χ1v) is 9.50. The molecule has 0 aliphatic heterocycles. The number of rotatable bonds is 7. The molecule has 1 aliphatic rings. The quantitative estimate of drug-likeness (QED) is 0.792. The van der Waals surface area contributed by atoms with Crippen molar-refractivity contribution >= 4 is 15.9 Å². The van der Waals surface area contributed by atoms with E-state index in [4.69, 9.17) is 4.74 Å². The lowest BCUT2D eigenvalue weighted by Crippen LogP contribution is -2.27. The molecule has 0 heterocycles.